The van der Waals surface area contributed by atoms with Crippen molar-refractivity contribution in [3.63, 3.8) is 0 Å². The van der Waals surface area contributed by atoms with Gasteiger partial charge in [0.25, 0.3) is 0 Å². The van der Waals surface area contributed by atoms with Crippen LogP contribution in [0, 0.1) is 0 Å². The Morgan fingerprint density at radius 1 is 1.28 bits per heavy atom. The molecule has 1 aliphatic rings. The van der Waals surface area contributed by atoms with Crippen LogP contribution in [-0.2, 0) is 0 Å². The molecule has 1 aliphatic heterocycles. The zero-order valence-electron chi connectivity index (χ0n) is 10.4. The Morgan fingerprint density at radius 2 is 1.94 bits per heavy atom. The summed E-state index contributed by atoms with van der Waals surface area (Å²) in [6.07, 6.45) is 0. The van der Waals surface area contributed by atoms with E-state index in [-0.39, 0.29) is 0 Å². The fourth-order valence-electron chi connectivity index (χ4n) is 1.94. The second-order valence-corrected chi connectivity index (χ2v) is 4.33. The molecule has 1 aromatic carbocycles. The molecule has 1 heterocycles. The molecule has 98 valence electrons. The number of nitrogens with two attached hydrogens (primary N) is 1. The van der Waals surface area contributed by atoms with E-state index in [0.29, 0.717) is 12.2 Å². The van der Waals surface area contributed by atoms with Crippen LogP contribution < -0.4 is 15.8 Å². The van der Waals surface area contributed by atoms with Gasteiger partial charge in [-0.15, -0.1) is 0 Å². The number of hydrogen-bond acceptors (Lipinski definition) is 4. The van der Waals surface area contributed by atoms with E-state index in [1.54, 1.807) is 24.3 Å². The Balaban J connectivity index is 1.74. The van der Waals surface area contributed by atoms with Crippen molar-refractivity contribution in [3.8, 4) is 5.75 Å². The van der Waals surface area contributed by atoms with Crippen molar-refractivity contribution < 1.29 is 9.53 Å². The normalized spacial score (nSPS) is 16.4. The molecule has 1 fully saturated rings. The fraction of sp³-hybridized carbons (Fsp3) is 0.462. The molecule has 0 spiro atoms. The molecule has 0 unspecified atom stereocenters. The van der Waals surface area contributed by atoms with Crippen LogP contribution in [0.25, 0.3) is 0 Å². The van der Waals surface area contributed by atoms with Crippen molar-refractivity contribution in [1.29, 1.82) is 0 Å². The number of hydrogen-bond donors (Lipinski definition) is 2. The fourth-order valence-corrected chi connectivity index (χ4v) is 1.94. The highest BCUT2D eigenvalue weighted by Gasteiger charge is 2.08. The third kappa shape index (κ3) is 3.72. The number of primary amides is 1. The summed E-state index contributed by atoms with van der Waals surface area (Å²) < 4.78 is 5.63. The van der Waals surface area contributed by atoms with Crippen LogP contribution in [0.1, 0.15) is 10.4 Å². The monoisotopic (exact) mass is 249 g/mol. The Morgan fingerprint density at radius 3 is 2.56 bits per heavy atom. The number of ether oxygens (including phenoxy) is 1. The summed E-state index contributed by atoms with van der Waals surface area (Å²) in [5.41, 5.74) is 5.67. The topological polar surface area (TPSA) is 67.6 Å². The first-order valence-electron chi connectivity index (χ1n) is 6.21. The lowest BCUT2D eigenvalue weighted by Crippen LogP contribution is -2.44. The predicted octanol–water partition coefficient (Wildman–Crippen LogP) is 0.0695. The molecule has 5 nitrogen and oxygen atoms in total. The average Bonchev–Trinajstić information content (AvgIpc) is 2.40. The van der Waals surface area contributed by atoms with Gasteiger partial charge in [-0.2, -0.15) is 0 Å². The molecule has 1 amide bonds. The minimum Gasteiger partial charge on any atom is -0.492 e. The first-order valence-corrected chi connectivity index (χ1v) is 6.21. The van der Waals surface area contributed by atoms with Crippen LogP contribution in [0.2, 0.25) is 0 Å². The molecule has 0 radical (unpaired) electrons. The molecule has 0 aliphatic carbocycles. The molecular weight excluding hydrogens is 230 g/mol. The Hall–Kier alpha value is -1.59. The SMILES string of the molecule is NC(=O)c1ccc(OCCN2CCNCC2)cc1. The molecule has 0 aromatic heterocycles. The van der Waals surface area contributed by atoms with E-state index >= 15 is 0 Å². The second kappa shape index (κ2) is 6.37. The molecule has 3 N–H and O–H groups in total. The van der Waals surface area contributed by atoms with Gasteiger partial charge in [-0.3, -0.25) is 9.69 Å². The molecule has 0 atom stereocenters. The van der Waals surface area contributed by atoms with E-state index < -0.39 is 5.91 Å². The van der Waals surface area contributed by atoms with Crippen LogP contribution >= 0.6 is 0 Å². The summed E-state index contributed by atoms with van der Waals surface area (Å²) in [6, 6.07) is 6.92. The molecule has 18 heavy (non-hydrogen) atoms. The zero-order valence-corrected chi connectivity index (χ0v) is 10.4. The molecule has 5 heteroatoms. The number of carbonyl (C=O) groups is 1. The Bertz CT molecular complexity index is 386. The molecular formula is C13H19N3O2. The largest absolute Gasteiger partial charge is 0.492 e. The van der Waals surface area contributed by atoms with Crippen molar-refractivity contribution in [3.05, 3.63) is 29.8 Å². The summed E-state index contributed by atoms with van der Waals surface area (Å²) in [5, 5.41) is 3.31. The lowest BCUT2D eigenvalue weighted by atomic mass is 10.2. The number of piperazine rings is 1. The van der Waals surface area contributed by atoms with Crippen LogP contribution in [0.4, 0.5) is 0 Å². The van der Waals surface area contributed by atoms with Gasteiger partial charge in [0.2, 0.25) is 5.91 Å². The number of nitrogens with one attached hydrogen (secondary N) is 1. The van der Waals surface area contributed by atoms with Crippen molar-refractivity contribution in [2.75, 3.05) is 39.3 Å². The molecule has 0 saturated carbocycles. The number of carbonyl (C=O) groups excluding carboxylic acids is 1. The Kier molecular flexibility index (Phi) is 4.55. The standard InChI is InChI=1S/C13H19N3O2/c14-13(17)11-1-3-12(4-2-11)18-10-9-16-7-5-15-6-8-16/h1-4,15H,5-10H2,(H2,14,17). The third-order valence-electron chi connectivity index (χ3n) is 3.02. The number of rotatable bonds is 5. The van der Waals surface area contributed by atoms with Crippen molar-refractivity contribution in [1.82, 2.24) is 10.2 Å². The van der Waals surface area contributed by atoms with Gasteiger partial charge in [-0.25, -0.2) is 0 Å². The Labute approximate surface area is 107 Å². The smallest absolute Gasteiger partial charge is 0.248 e. The van der Waals surface area contributed by atoms with Gasteiger partial charge in [0, 0.05) is 38.3 Å². The summed E-state index contributed by atoms with van der Waals surface area (Å²) in [5.74, 6) is 0.359. The summed E-state index contributed by atoms with van der Waals surface area (Å²) >= 11 is 0. The van der Waals surface area contributed by atoms with Gasteiger partial charge in [-0.1, -0.05) is 0 Å². The summed E-state index contributed by atoms with van der Waals surface area (Å²) in [6.45, 7) is 5.84. The minimum absolute atomic E-state index is 0.414. The van der Waals surface area contributed by atoms with Crippen LogP contribution in [0.15, 0.2) is 24.3 Å². The quantitative estimate of drug-likeness (QED) is 0.775. The molecule has 0 bridgehead atoms. The molecule has 2 rings (SSSR count). The van der Waals surface area contributed by atoms with Gasteiger partial charge in [0.1, 0.15) is 12.4 Å². The molecule has 1 aromatic rings. The van der Waals surface area contributed by atoms with E-state index in [9.17, 15) is 4.79 Å². The number of nitrogens with zero attached hydrogens (tertiary/aromatic N) is 1. The summed E-state index contributed by atoms with van der Waals surface area (Å²) in [7, 11) is 0. The van der Waals surface area contributed by atoms with Gasteiger partial charge >= 0.3 is 0 Å². The highest BCUT2D eigenvalue weighted by Crippen LogP contribution is 2.11. The first-order chi connectivity index (χ1) is 8.75. The second-order valence-electron chi connectivity index (χ2n) is 4.33. The van der Waals surface area contributed by atoms with Crippen LogP contribution in [0.3, 0.4) is 0 Å². The first kappa shape index (κ1) is 12.9. The maximum Gasteiger partial charge on any atom is 0.248 e. The van der Waals surface area contributed by atoms with E-state index in [4.69, 9.17) is 10.5 Å². The highest BCUT2D eigenvalue weighted by atomic mass is 16.5. The van der Waals surface area contributed by atoms with E-state index in [1.165, 1.54) is 0 Å². The maximum atomic E-state index is 10.9. The van der Waals surface area contributed by atoms with E-state index in [0.717, 1.165) is 38.5 Å². The lowest BCUT2D eigenvalue weighted by Gasteiger charge is -2.26. The van der Waals surface area contributed by atoms with Crippen LogP contribution in [0.5, 0.6) is 5.75 Å². The van der Waals surface area contributed by atoms with Gasteiger partial charge < -0.3 is 15.8 Å². The average molecular weight is 249 g/mol. The lowest BCUT2D eigenvalue weighted by molar-refractivity contribution is 0.100. The van der Waals surface area contributed by atoms with Crippen molar-refractivity contribution in [2.24, 2.45) is 5.73 Å². The predicted molar refractivity (Wildman–Crippen MR) is 69.8 cm³/mol. The zero-order chi connectivity index (χ0) is 12.8. The third-order valence-corrected chi connectivity index (χ3v) is 3.02. The van der Waals surface area contributed by atoms with Gasteiger partial charge in [0.15, 0.2) is 0 Å². The number of benzene rings is 1. The van der Waals surface area contributed by atoms with Gasteiger partial charge in [0.05, 0.1) is 0 Å². The highest BCUT2D eigenvalue weighted by molar-refractivity contribution is 5.92. The van der Waals surface area contributed by atoms with Gasteiger partial charge in [-0.05, 0) is 24.3 Å². The molecule has 1 saturated heterocycles. The van der Waals surface area contributed by atoms with Crippen molar-refractivity contribution in [2.45, 2.75) is 0 Å². The minimum atomic E-state index is -0.414. The van der Waals surface area contributed by atoms with Crippen LogP contribution in [-0.4, -0.2) is 50.1 Å². The maximum absolute atomic E-state index is 10.9. The van der Waals surface area contributed by atoms with E-state index in [1.807, 2.05) is 0 Å². The van der Waals surface area contributed by atoms with Crippen molar-refractivity contribution >= 4 is 5.91 Å². The number of amides is 1. The summed E-state index contributed by atoms with van der Waals surface area (Å²) in [4.78, 5) is 13.3. The van der Waals surface area contributed by atoms with E-state index in [2.05, 4.69) is 10.2 Å².